The molecule has 20 heavy (non-hydrogen) atoms. The number of carbonyl (C=O) groups is 1. The monoisotopic (exact) mass is 298 g/mol. The van der Waals surface area contributed by atoms with Crippen LogP contribution in [-0.4, -0.2) is 29.6 Å². The van der Waals surface area contributed by atoms with Crippen molar-refractivity contribution in [2.75, 3.05) is 18.0 Å². The molecule has 1 fully saturated rings. The minimum absolute atomic E-state index is 0. The third-order valence-electron chi connectivity index (χ3n) is 3.26. The number of pyridine rings is 1. The van der Waals surface area contributed by atoms with E-state index in [9.17, 15) is 4.79 Å². The molecule has 0 N–H and O–H groups in total. The largest absolute Gasteiger partial charge is 0.460 e. The van der Waals surface area contributed by atoms with Crippen molar-refractivity contribution >= 4 is 24.1 Å². The Morgan fingerprint density at radius 2 is 1.80 bits per heavy atom. The first-order chi connectivity index (χ1) is 8.96. The summed E-state index contributed by atoms with van der Waals surface area (Å²) in [5, 5.41) is 0. The molecule has 0 bridgehead atoms. The fourth-order valence-corrected chi connectivity index (χ4v) is 2.31. The molecule has 112 valence electrons. The van der Waals surface area contributed by atoms with Gasteiger partial charge < -0.3 is 9.64 Å². The van der Waals surface area contributed by atoms with Crippen LogP contribution in [0.4, 0.5) is 5.69 Å². The Bertz CT molecular complexity index is 423. The first-order valence-corrected chi connectivity index (χ1v) is 6.83. The topological polar surface area (TPSA) is 42.4 Å². The molecule has 1 aliphatic rings. The fourth-order valence-electron chi connectivity index (χ4n) is 2.31. The summed E-state index contributed by atoms with van der Waals surface area (Å²) in [4.78, 5) is 18.3. The number of rotatable bonds is 2. The highest BCUT2D eigenvalue weighted by Gasteiger charge is 2.28. The van der Waals surface area contributed by atoms with Crippen LogP contribution in [0.1, 0.15) is 33.6 Å². The SMILES string of the molecule is CC(C)(C)OC(=O)C1CCN(c2ccncc2)CC1.Cl. The lowest BCUT2D eigenvalue weighted by atomic mass is 9.96. The van der Waals surface area contributed by atoms with Crippen molar-refractivity contribution in [3.63, 3.8) is 0 Å². The van der Waals surface area contributed by atoms with E-state index in [-0.39, 0.29) is 29.9 Å². The first kappa shape index (κ1) is 16.8. The van der Waals surface area contributed by atoms with E-state index in [1.165, 1.54) is 5.69 Å². The molecule has 2 heterocycles. The van der Waals surface area contributed by atoms with E-state index in [4.69, 9.17) is 4.74 Å². The molecule has 0 spiro atoms. The normalized spacial score (nSPS) is 16.4. The lowest BCUT2D eigenvalue weighted by Crippen LogP contribution is -2.38. The molecule has 0 atom stereocenters. The fraction of sp³-hybridized carbons (Fsp3) is 0.600. The summed E-state index contributed by atoms with van der Waals surface area (Å²) in [5.41, 5.74) is 0.789. The van der Waals surface area contributed by atoms with E-state index in [0.717, 1.165) is 25.9 Å². The smallest absolute Gasteiger partial charge is 0.309 e. The number of halogens is 1. The summed E-state index contributed by atoms with van der Waals surface area (Å²) in [6, 6.07) is 4.02. The van der Waals surface area contributed by atoms with Gasteiger partial charge in [0.25, 0.3) is 0 Å². The van der Waals surface area contributed by atoms with Crippen LogP contribution < -0.4 is 4.90 Å². The summed E-state index contributed by atoms with van der Waals surface area (Å²) in [6.45, 7) is 7.53. The van der Waals surface area contributed by atoms with Gasteiger partial charge in [-0.25, -0.2) is 0 Å². The van der Waals surface area contributed by atoms with Crippen molar-refractivity contribution in [1.29, 1.82) is 0 Å². The van der Waals surface area contributed by atoms with E-state index in [2.05, 4.69) is 9.88 Å². The zero-order chi connectivity index (χ0) is 13.9. The molecule has 0 amide bonds. The van der Waals surface area contributed by atoms with Crippen molar-refractivity contribution in [3.8, 4) is 0 Å². The molecule has 0 aliphatic carbocycles. The molecule has 1 aromatic rings. The van der Waals surface area contributed by atoms with E-state index in [0.29, 0.717) is 0 Å². The molecule has 0 aromatic carbocycles. The maximum atomic E-state index is 12.0. The van der Waals surface area contributed by atoms with Crippen molar-refractivity contribution in [1.82, 2.24) is 4.98 Å². The number of nitrogens with zero attached hydrogens (tertiary/aromatic N) is 2. The highest BCUT2D eigenvalue weighted by atomic mass is 35.5. The van der Waals surface area contributed by atoms with Crippen LogP contribution in [0.5, 0.6) is 0 Å². The van der Waals surface area contributed by atoms with Crippen molar-refractivity contribution in [2.24, 2.45) is 5.92 Å². The Hall–Kier alpha value is -1.29. The van der Waals surface area contributed by atoms with E-state index < -0.39 is 0 Å². The molecule has 1 saturated heterocycles. The Morgan fingerprint density at radius 3 is 2.30 bits per heavy atom. The van der Waals surface area contributed by atoms with Gasteiger partial charge in [0.05, 0.1) is 5.92 Å². The molecule has 0 saturated carbocycles. The number of carbonyl (C=O) groups excluding carboxylic acids is 1. The molecular formula is C15H23ClN2O2. The highest BCUT2D eigenvalue weighted by Crippen LogP contribution is 2.24. The summed E-state index contributed by atoms with van der Waals surface area (Å²) < 4.78 is 5.45. The number of hydrogen-bond donors (Lipinski definition) is 0. The van der Waals surface area contributed by atoms with Gasteiger partial charge >= 0.3 is 5.97 Å². The summed E-state index contributed by atoms with van der Waals surface area (Å²) in [6.07, 6.45) is 5.32. The van der Waals surface area contributed by atoms with Crippen molar-refractivity contribution < 1.29 is 9.53 Å². The molecular weight excluding hydrogens is 276 g/mol. The molecule has 4 nitrogen and oxygen atoms in total. The number of esters is 1. The van der Waals surface area contributed by atoms with Gasteiger partial charge in [0.15, 0.2) is 0 Å². The van der Waals surface area contributed by atoms with E-state index in [1.807, 2.05) is 32.9 Å². The van der Waals surface area contributed by atoms with Gasteiger partial charge in [-0.1, -0.05) is 0 Å². The van der Waals surface area contributed by atoms with Gasteiger partial charge in [0.1, 0.15) is 5.60 Å². The maximum Gasteiger partial charge on any atom is 0.309 e. The average Bonchev–Trinajstić information content (AvgIpc) is 2.38. The summed E-state index contributed by atoms with van der Waals surface area (Å²) in [7, 11) is 0. The van der Waals surface area contributed by atoms with Gasteiger partial charge in [-0.3, -0.25) is 9.78 Å². The maximum absolute atomic E-state index is 12.0. The second kappa shape index (κ2) is 6.93. The Balaban J connectivity index is 0.00000200. The number of aromatic nitrogens is 1. The van der Waals surface area contributed by atoms with Crippen LogP contribution in [0.15, 0.2) is 24.5 Å². The third-order valence-corrected chi connectivity index (χ3v) is 3.26. The van der Waals surface area contributed by atoms with Gasteiger partial charge in [-0.05, 0) is 45.7 Å². The van der Waals surface area contributed by atoms with Crippen LogP contribution in [-0.2, 0) is 9.53 Å². The molecule has 1 aromatic heterocycles. The number of piperidine rings is 1. The van der Waals surface area contributed by atoms with Gasteiger partial charge in [-0.15, -0.1) is 12.4 Å². The van der Waals surface area contributed by atoms with E-state index >= 15 is 0 Å². The van der Waals surface area contributed by atoms with Crippen molar-refractivity contribution in [3.05, 3.63) is 24.5 Å². The minimum Gasteiger partial charge on any atom is -0.460 e. The van der Waals surface area contributed by atoms with Crippen LogP contribution in [0.2, 0.25) is 0 Å². The van der Waals surface area contributed by atoms with Crippen LogP contribution in [0, 0.1) is 5.92 Å². The first-order valence-electron chi connectivity index (χ1n) is 6.83. The molecule has 2 rings (SSSR count). The Labute approximate surface area is 126 Å². The second-order valence-corrected chi connectivity index (χ2v) is 6.00. The zero-order valence-electron chi connectivity index (χ0n) is 12.3. The predicted molar refractivity (Wildman–Crippen MR) is 82.3 cm³/mol. The third kappa shape index (κ3) is 4.67. The minimum atomic E-state index is -0.390. The number of anilines is 1. The second-order valence-electron chi connectivity index (χ2n) is 6.00. The van der Waals surface area contributed by atoms with Crippen LogP contribution in [0.3, 0.4) is 0 Å². The molecule has 0 radical (unpaired) electrons. The highest BCUT2D eigenvalue weighted by molar-refractivity contribution is 5.85. The van der Waals surface area contributed by atoms with Crippen molar-refractivity contribution in [2.45, 2.75) is 39.2 Å². The van der Waals surface area contributed by atoms with Crippen LogP contribution in [0.25, 0.3) is 0 Å². The number of hydrogen-bond acceptors (Lipinski definition) is 4. The zero-order valence-corrected chi connectivity index (χ0v) is 13.2. The predicted octanol–water partition coefficient (Wildman–Crippen LogP) is 3.06. The van der Waals surface area contributed by atoms with E-state index in [1.54, 1.807) is 12.4 Å². The lowest BCUT2D eigenvalue weighted by Gasteiger charge is -2.33. The Morgan fingerprint density at radius 1 is 1.25 bits per heavy atom. The molecule has 5 heteroatoms. The summed E-state index contributed by atoms with van der Waals surface area (Å²) in [5.74, 6) is -0.0146. The van der Waals surface area contributed by atoms with Gasteiger partial charge in [0, 0.05) is 31.2 Å². The van der Waals surface area contributed by atoms with Gasteiger partial charge in [0.2, 0.25) is 0 Å². The van der Waals surface area contributed by atoms with Gasteiger partial charge in [-0.2, -0.15) is 0 Å². The Kier molecular flexibility index (Phi) is 5.81. The standard InChI is InChI=1S/C15H22N2O2.ClH/c1-15(2,3)19-14(18)12-6-10-17(11-7-12)13-4-8-16-9-5-13;/h4-5,8-9,12H,6-7,10-11H2,1-3H3;1H. The lowest BCUT2D eigenvalue weighted by molar-refractivity contribution is -0.160. The molecule has 0 unspecified atom stereocenters. The van der Waals surface area contributed by atoms with Crippen LogP contribution >= 0.6 is 12.4 Å². The number of ether oxygens (including phenoxy) is 1. The summed E-state index contributed by atoms with van der Waals surface area (Å²) >= 11 is 0. The quantitative estimate of drug-likeness (QED) is 0.787. The average molecular weight is 299 g/mol. The molecule has 1 aliphatic heterocycles.